The first-order valence-corrected chi connectivity index (χ1v) is 9.37. The number of carbonyl (C=O) groups excluding carboxylic acids is 1. The molecule has 0 bridgehead atoms. The van der Waals surface area contributed by atoms with E-state index in [1.165, 1.54) is 5.69 Å². The highest BCUT2D eigenvalue weighted by Crippen LogP contribution is 2.29. The summed E-state index contributed by atoms with van der Waals surface area (Å²) in [5.41, 5.74) is 4.54. The molecule has 3 aromatic rings. The average molecular weight is 362 g/mol. The van der Waals surface area contributed by atoms with Gasteiger partial charge in [0.25, 0.3) is 5.91 Å². The van der Waals surface area contributed by atoms with Crippen molar-refractivity contribution < 1.29 is 4.79 Å². The summed E-state index contributed by atoms with van der Waals surface area (Å²) in [4.78, 5) is 26.0. The van der Waals surface area contributed by atoms with Gasteiger partial charge in [-0.15, -0.1) is 0 Å². The number of pyridine rings is 1. The van der Waals surface area contributed by atoms with E-state index in [0.717, 1.165) is 48.6 Å². The van der Waals surface area contributed by atoms with E-state index in [1.807, 2.05) is 0 Å². The minimum atomic E-state index is -0.0799. The van der Waals surface area contributed by atoms with E-state index in [-0.39, 0.29) is 5.91 Å². The van der Waals surface area contributed by atoms with Crippen molar-refractivity contribution in [3.05, 3.63) is 42.2 Å². The Kier molecular flexibility index (Phi) is 3.82. The molecule has 2 aliphatic rings. The van der Waals surface area contributed by atoms with Crippen molar-refractivity contribution in [1.82, 2.24) is 24.8 Å². The molecule has 0 unspecified atom stereocenters. The highest BCUT2D eigenvalue weighted by Gasteiger charge is 2.22. The number of likely N-dealkylation sites (N-methyl/N-ethyl adjacent to an activating group) is 1. The van der Waals surface area contributed by atoms with Gasteiger partial charge in [-0.25, -0.2) is 4.98 Å². The van der Waals surface area contributed by atoms with Crippen LogP contribution < -0.4 is 10.2 Å². The molecule has 2 aliphatic heterocycles. The summed E-state index contributed by atoms with van der Waals surface area (Å²) < 4.78 is 2.13. The van der Waals surface area contributed by atoms with Crippen LogP contribution in [-0.2, 0) is 6.54 Å². The third-order valence-corrected chi connectivity index (χ3v) is 5.51. The quantitative estimate of drug-likeness (QED) is 0.750. The molecule has 0 aliphatic carbocycles. The van der Waals surface area contributed by atoms with Gasteiger partial charge in [-0.3, -0.25) is 9.78 Å². The number of imidazole rings is 1. The number of amides is 1. The fourth-order valence-electron chi connectivity index (χ4n) is 3.96. The summed E-state index contributed by atoms with van der Waals surface area (Å²) in [6.45, 7) is 5.58. The molecule has 7 nitrogen and oxygen atoms in total. The number of nitrogens with zero attached hydrogens (tertiary/aromatic N) is 5. The Balaban J connectivity index is 1.53. The Labute approximate surface area is 157 Å². The summed E-state index contributed by atoms with van der Waals surface area (Å²) in [7, 11) is 2.17. The van der Waals surface area contributed by atoms with Crippen molar-refractivity contribution in [2.24, 2.45) is 0 Å². The van der Waals surface area contributed by atoms with E-state index in [4.69, 9.17) is 4.98 Å². The molecule has 27 heavy (non-hydrogen) atoms. The van der Waals surface area contributed by atoms with Crippen LogP contribution in [-0.4, -0.2) is 65.1 Å². The van der Waals surface area contributed by atoms with Crippen LogP contribution in [0.1, 0.15) is 10.4 Å². The Morgan fingerprint density at radius 3 is 2.56 bits per heavy atom. The number of rotatable bonds is 2. The number of carbonyl (C=O) groups is 1. The van der Waals surface area contributed by atoms with Gasteiger partial charge in [-0.2, -0.15) is 0 Å². The maximum absolute atomic E-state index is 12.3. The molecule has 4 heterocycles. The molecular formula is C20H22N6O. The first kappa shape index (κ1) is 16.3. The van der Waals surface area contributed by atoms with Gasteiger partial charge in [0.15, 0.2) is 0 Å². The highest BCUT2D eigenvalue weighted by atomic mass is 16.1. The van der Waals surface area contributed by atoms with Crippen LogP contribution in [0.2, 0.25) is 0 Å². The smallest absolute Gasteiger partial charge is 0.255 e. The van der Waals surface area contributed by atoms with Crippen LogP contribution in [0.25, 0.3) is 22.4 Å². The van der Waals surface area contributed by atoms with Gasteiger partial charge in [-0.1, -0.05) is 0 Å². The van der Waals surface area contributed by atoms with Gasteiger partial charge in [0, 0.05) is 56.7 Å². The molecule has 1 saturated heterocycles. The van der Waals surface area contributed by atoms with Crippen LogP contribution in [0.15, 0.2) is 36.7 Å². The lowest BCUT2D eigenvalue weighted by molar-refractivity contribution is 0.0956. The summed E-state index contributed by atoms with van der Waals surface area (Å²) in [6.07, 6.45) is 3.36. The number of anilines is 1. The second-order valence-corrected chi connectivity index (χ2v) is 7.23. The average Bonchev–Trinajstić information content (AvgIpc) is 2.98. The molecule has 0 atom stereocenters. The summed E-state index contributed by atoms with van der Waals surface area (Å²) in [5, 5.41) is 2.93. The van der Waals surface area contributed by atoms with E-state index in [0.29, 0.717) is 18.7 Å². The lowest BCUT2D eigenvalue weighted by atomic mass is 10.1. The summed E-state index contributed by atoms with van der Waals surface area (Å²) >= 11 is 0. The van der Waals surface area contributed by atoms with Crippen molar-refractivity contribution >= 4 is 22.6 Å². The molecule has 1 amide bonds. The molecule has 138 valence electrons. The van der Waals surface area contributed by atoms with Crippen LogP contribution >= 0.6 is 0 Å². The van der Waals surface area contributed by atoms with Gasteiger partial charge in [0.1, 0.15) is 11.3 Å². The first-order valence-electron chi connectivity index (χ1n) is 9.37. The maximum atomic E-state index is 12.3. The van der Waals surface area contributed by atoms with Gasteiger partial charge in [-0.05, 0) is 31.3 Å². The van der Waals surface area contributed by atoms with Gasteiger partial charge in [0.05, 0.1) is 17.3 Å². The zero-order valence-electron chi connectivity index (χ0n) is 15.4. The largest absolute Gasteiger partial charge is 0.369 e. The third-order valence-electron chi connectivity index (χ3n) is 5.51. The molecule has 5 rings (SSSR count). The van der Waals surface area contributed by atoms with Gasteiger partial charge >= 0.3 is 0 Å². The Hall–Kier alpha value is -2.93. The minimum Gasteiger partial charge on any atom is -0.369 e. The van der Waals surface area contributed by atoms with Crippen molar-refractivity contribution in [1.29, 1.82) is 0 Å². The fourth-order valence-corrected chi connectivity index (χ4v) is 3.96. The van der Waals surface area contributed by atoms with E-state index in [9.17, 15) is 4.79 Å². The van der Waals surface area contributed by atoms with Crippen LogP contribution in [0.5, 0.6) is 0 Å². The lowest BCUT2D eigenvalue weighted by Crippen LogP contribution is -2.44. The number of hydrogen-bond donors (Lipinski definition) is 1. The number of aromatic nitrogens is 3. The monoisotopic (exact) mass is 362 g/mol. The summed E-state index contributed by atoms with van der Waals surface area (Å²) in [6, 6.07) is 8.61. The maximum Gasteiger partial charge on any atom is 0.255 e. The van der Waals surface area contributed by atoms with Crippen LogP contribution in [0.3, 0.4) is 0 Å². The van der Waals surface area contributed by atoms with Crippen LogP contribution in [0.4, 0.5) is 5.69 Å². The topological polar surface area (TPSA) is 66.3 Å². The third kappa shape index (κ3) is 2.75. The summed E-state index contributed by atoms with van der Waals surface area (Å²) in [5.74, 6) is 0.810. The second-order valence-electron chi connectivity index (χ2n) is 7.23. The molecule has 1 N–H and O–H groups in total. The van der Waals surface area contributed by atoms with Crippen molar-refractivity contribution in [2.75, 3.05) is 44.7 Å². The second kappa shape index (κ2) is 6.35. The standard InChI is InChI=1S/C20H22N6O/c1-24-8-10-25(11-9-24)15-4-2-14(3-5-15)19-23-17-13-21-12-16-18(17)26(19)7-6-22-20(16)27/h2-5,12-13H,6-11H2,1H3,(H,22,27). The predicted molar refractivity (Wildman–Crippen MR) is 105 cm³/mol. The number of piperazine rings is 1. The van der Waals surface area contributed by atoms with Gasteiger partial charge in [0.2, 0.25) is 0 Å². The Bertz CT molecular complexity index is 1000. The molecule has 1 aromatic carbocycles. The number of hydrogen-bond acceptors (Lipinski definition) is 5. The van der Waals surface area contributed by atoms with Crippen molar-refractivity contribution in [3.63, 3.8) is 0 Å². The first-order chi connectivity index (χ1) is 13.2. The molecule has 7 heteroatoms. The Morgan fingerprint density at radius 1 is 1.00 bits per heavy atom. The minimum absolute atomic E-state index is 0.0799. The molecule has 0 saturated carbocycles. The normalized spacial score (nSPS) is 17.8. The molecule has 2 aromatic heterocycles. The molecule has 1 fully saturated rings. The van der Waals surface area contributed by atoms with E-state index in [1.54, 1.807) is 12.4 Å². The SMILES string of the molecule is CN1CCN(c2ccc(-c3nc4cncc5c4n3CCNC5=O)cc2)CC1. The van der Waals surface area contributed by atoms with Crippen LogP contribution in [0, 0.1) is 0 Å². The van der Waals surface area contributed by atoms with Crippen molar-refractivity contribution in [2.45, 2.75) is 6.54 Å². The van der Waals surface area contributed by atoms with Gasteiger partial charge < -0.3 is 19.7 Å². The number of benzene rings is 1. The predicted octanol–water partition coefficient (Wildman–Crippen LogP) is 1.59. The lowest BCUT2D eigenvalue weighted by Gasteiger charge is -2.34. The number of nitrogens with one attached hydrogen (secondary N) is 1. The molecule has 0 spiro atoms. The fraction of sp³-hybridized carbons (Fsp3) is 0.350. The van der Waals surface area contributed by atoms with Crippen molar-refractivity contribution in [3.8, 4) is 11.4 Å². The highest BCUT2D eigenvalue weighted by molar-refractivity contribution is 6.05. The molecule has 0 radical (unpaired) electrons. The zero-order valence-corrected chi connectivity index (χ0v) is 15.4. The zero-order chi connectivity index (χ0) is 18.4. The van der Waals surface area contributed by atoms with E-state index in [2.05, 4.69) is 56.0 Å². The van der Waals surface area contributed by atoms with E-state index < -0.39 is 0 Å². The molecular weight excluding hydrogens is 340 g/mol. The Morgan fingerprint density at radius 2 is 1.78 bits per heavy atom. The van der Waals surface area contributed by atoms with E-state index >= 15 is 0 Å².